The quantitative estimate of drug-likeness (QED) is 0.591. The van der Waals surface area contributed by atoms with Crippen molar-refractivity contribution in [2.75, 3.05) is 13.1 Å². The monoisotopic (exact) mass is 258 g/mol. The molecule has 0 aromatic carbocycles. The zero-order valence-corrected chi connectivity index (χ0v) is 12.6. The molecule has 0 heterocycles. The molecular weight excluding hydrogens is 228 g/mol. The van der Waals surface area contributed by atoms with E-state index in [4.69, 9.17) is 0 Å². The van der Waals surface area contributed by atoms with Crippen LogP contribution in [-0.2, 0) is 4.79 Å². The van der Waals surface area contributed by atoms with Crippen molar-refractivity contribution < 1.29 is 9.90 Å². The van der Waals surface area contributed by atoms with E-state index in [9.17, 15) is 9.90 Å². The van der Waals surface area contributed by atoms with Gasteiger partial charge in [0.2, 0.25) is 0 Å². The molecule has 18 heavy (non-hydrogen) atoms. The SMILES string of the molecule is CCCCCN(CC(NC(C)C)C(=O)O)C(C)C. The Balaban J connectivity index is 4.36. The average Bonchev–Trinajstić information content (AvgIpc) is 2.25. The molecule has 0 saturated heterocycles. The third-order valence-corrected chi connectivity index (χ3v) is 3.03. The molecule has 0 bridgehead atoms. The Morgan fingerprint density at radius 2 is 1.83 bits per heavy atom. The van der Waals surface area contributed by atoms with Gasteiger partial charge in [-0.15, -0.1) is 0 Å². The molecule has 0 amide bonds. The highest BCUT2D eigenvalue weighted by Gasteiger charge is 2.22. The Morgan fingerprint density at radius 3 is 2.22 bits per heavy atom. The van der Waals surface area contributed by atoms with Gasteiger partial charge in [0.15, 0.2) is 0 Å². The number of rotatable bonds is 10. The minimum Gasteiger partial charge on any atom is -0.480 e. The van der Waals surface area contributed by atoms with Gasteiger partial charge in [0, 0.05) is 18.6 Å². The molecule has 0 aromatic heterocycles. The molecule has 0 saturated carbocycles. The van der Waals surface area contributed by atoms with Gasteiger partial charge in [0.1, 0.15) is 6.04 Å². The summed E-state index contributed by atoms with van der Waals surface area (Å²) in [5, 5.41) is 12.3. The van der Waals surface area contributed by atoms with Gasteiger partial charge >= 0.3 is 5.97 Å². The fourth-order valence-corrected chi connectivity index (χ4v) is 1.96. The van der Waals surface area contributed by atoms with Crippen LogP contribution in [0.3, 0.4) is 0 Å². The van der Waals surface area contributed by atoms with Gasteiger partial charge in [-0.25, -0.2) is 0 Å². The lowest BCUT2D eigenvalue weighted by Crippen LogP contribution is -2.50. The molecule has 1 unspecified atom stereocenters. The number of aliphatic carboxylic acids is 1. The number of nitrogens with one attached hydrogen (secondary N) is 1. The van der Waals surface area contributed by atoms with Crippen molar-refractivity contribution in [2.45, 2.75) is 72.0 Å². The molecule has 0 aliphatic heterocycles. The van der Waals surface area contributed by atoms with Crippen LogP contribution in [0.1, 0.15) is 53.9 Å². The molecule has 0 aliphatic carbocycles. The minimum absolute atomic E-state index is 0.191. The van der Waals surface area contributed by atoms with E-state index >= 15 is 0 Å². The van der Waals surface area contributed by atoms with Crippen LogP contribution >= 0.6 is 0 Å². The van der Waals surface area contributed by atoms with Gasteiger partial charge < -0.3 is 10.4 Å². The van der Waals surface area contributed by atoms with Crippen LogP contribution < -0.4 is 5.32 Å². The molecule has 108 valence electrons. The number of carboxylic acid groups (broad SMARTS) is 1. The molecule has 0 rings (SSSR count). The Bertz CT molecular complexity index is 230. The van der Waals surface area contributed by atoms with Gasteiger partial charge in [-0.2, -0.15) is 0 Å². The number of carbonyl (C=O) groups is 1. The molecule has 0 radical (unpaired) electrons. The molecular formula is C14H30N2O2. The largest absolute Gasteiger partial charge is 0.480 e. The molecule has 0 aliphatic rings. The zero-order chi connectivity index (χ0) is 14.1. The molecule has 0 aromatic rings. The molecule has 2 N–H and O–H groups in total. The molecule has 4 nitrogen and oxygen atoms in total. The van der Waals surface area contributed by atoms with E-state index in [2.05, 4.69) is 31.0 Å². The van der Waals surface area contributed by atoms with Crippen molar-refractivity contribution in [3.8, 4) is 0 Å². The van der Waals surface area contributed by atoms with Crippen molar-refractivity contribution in [3.05, 3.63) is 0 Å². The maximum atomic E-state index is 11.2. The highest BCUT2D eigenvalue weighted by atomic mass is 16.4. The summed E-state index contributed by atoms with van der Waals surface area (Å²) in [7, 11) is 0. The van der Waals surface area contributed by atoms with E-state index in [1.54, 1.807) is 0 Å². The Hall–Kier alpha value is -0.610. The summed E-state index contributed by atoms with van der Waals surface area (Å²) in [6, 6.07) is 0.0995. The highest BCUT2D eigenvalue weighted by Crippen LogP contribution is 2.05. The first-order chi connectivity index (χ1) is 8.38. The van der Waals surface area contributed by atoms with Crippen molar-refractivity contribution >= 4 is 5.97 Å². The Labute approximate surface area is 112 Å². The second kappa shape index (κ2) is 9.34. The maximum absolute atomic E-state index is 11.2. The molecule has 4 heteroatoms. The molecule has 0 fully saturated rings. The second-order valence-electron chi connectivity index (χ2n) is 5.51. The maximum Gasteiger partial charge on any atom is 0.322 e. The predicted octanol–water partition coefficient (Wildman–Crippen LogP) is 2.34. The summed E-state index contributed by atoms with van der Waals surface area (Å²) in [6.45, 7) is 11.9. The van der Waals surface area contributed by atoms with Crippen LogP contribution in [0.15, 0.2) is 0 Å². The smallest absolute Gasteiger partial charge is 0.322 e. The van der Waals surface area contributed by atoms with Crippen LogP contribution in [0.25, 0.3) is 0 Å². The van der Waals surface area contributed by atoms with Crippen LogP contribution in [0.4, 0.5) is 0 Å². The van der Waals surface area contributed by atoms with E-state index in [0.29, 0.717) is 12.6 Å². The van der Waals surface area contributed by atoms with Gasteiger partial charge in [-0.1, -0.05) is 33.6 Å². The van der Waals surface area contributed by atoms with Gasteiger partial charge in [0.25, 0.3) is 0 Å². The first-order valence-electron chi connectivity index (χ1n) is 7.11. The van der Waals surface area contributed by atoms with E-state index in [-0.39, 0.29) is 6.04 Å². The van der Waals surface area contributed by atoms with E-state index in [1.807, 2.05) is 13.8 Å². The first-order valence-corrected chi connectivity index (χ1v) is 7.11. The van der Waals surface area contributed by atoms with Crippen LogP contribution in [0.2, 0.25) is 0 Å². The summed E-state index contributed by atoms with van der Waals surface area (Å²) in [5.74, 6) is -0.759. The summed E-state index contributed by atoms with van der Waals surface area (Å²) in [5.41, 5.74) is 0. The lowest BCUT2D eigenvalue weighted by Gasteiger charge is -2.30. The van der Waals surface area contributed by atoms with Crippen molar-refractivity contribution in [1.29, 1.82) is 0 Å². The highest BCUT2D eigenvalue weighted by molar-refractivity contribution is 5.73. The second-order valence-corrected chi connectivity index (χ2v) is 5.51. The summed E-state index contributed by atoms with van der Waals surface area (Å²) >= 11 is 0. The number of carboxylic acids is 1. The van der Waals surface area contributed by atoms with Crippen molar-refractivity contribution in [1.82, 2.24) is 10.2 Å². The molecule has 0 spiro atoms. The lowest BCUT2D eigenvalue weighted by atomic mass is 10.1. The van der Waals surface area contributed by atoms with Crippen LogP contribution in [0.5, 0.6) is 0 Å². The van der Waals surface area contributed by atoms with E-state index in [0.717, 1.165) is 13.0 Å². The van der Waals surface area contributed by atoms with Gasteiger partial charge in [-0.3, -0.25) is 9.69 Å². The fourth-order valence-electron chi connectivity index (χ4n) is 1.96. The lowest BCUT2D eigenvalue weighted by molar-refractivity contribution is -0.140. The fraction of sp³-hybridized carbons (Fsp3) is 0.929. The predicted molar refractivity (Wildman–Crippen MR) is 75.9 cm³/mol. The van der Waals surface area contributed by atoms with Gasteiger partial charge in [0.05, 0.1) is 0 Å². The summed E-state index contributed by atoms with van der Waals surface area (Å²) in [4.78, 5) is 13.5. The number of nitrogens with zero attached hydrogens (tertiary/aromatic N) is 1. The Morgan fingerprint density at radius 1 is 1.22 bits per heavy atom. The van der Waals surface area contributed by atoms with E-state index in [1.165, 1.54) is 12.8 Å². The Kier molecular flexibility index (Phi) is 9.02. The van der Waals surface area contributed by atoms with Crippen LogP contribution in [0, 0.1) is 0 Å². The number of hydrogen-bond acceptors (Lipinski definition) is 3. The van der Waals surface area contributed by atoms with Crippen molar-refractivity contribution in [2.24, 2.45) is 0 Å². The average molecular weight is 258 g/mol. The van der Waals surface area contributed by atoms with Gasteiger partial charge in [-0.05, 0) is 26.8 Å². The summed E-state index contributed by atoms with van der Waals surface area (Å²) in [6.07, 6.45) is 3.54. The van der Waals surface area contributed by atoms with Crippen LogP contribution in [-0.4, -0.2) is 47.2 Å². The standard InChI is InChI=1S/C14H30N2O2/c1-6-7-8-9-16(12(4)5)10-13(14(17)18)15-11(2)3/h11-13,15H,6-10H2,1-5H3,(H,17,18). The van der Waals surface area contributed by atoms with E-state index < -0.39 is 12.0 Å². The topological polar surface area (TPSA) is 52.6 Å². The minimum atomic E-state index is -0.759. The normalized spacial score (nSPS) is 13.6. The zero-order valence-electron chi connectivity index (χ0n) is 12.6. The number of unbranched alkanes of at least 4 members (excludes halogenated alkanes) is 2. The third kappa shape index (κ3) is 7.67. The number of hydrogen-bond donors (Lipinski definition) is 2. The third-order valence-electron chi connectivity index (χ3n) is 3.03. The van der Waals surface area contributed by atoms with Crippen molar-refractivity contribution in [3.63, 3.8) is 0 Å². The molecule has 1 atom stereocenters. The first kappa shape index (κ1) is 17.4. The summed E-state index contributed by atoms with van der Waals surface area (Å²) < 4.78 is 0.